The molecule has 0 aliphatic rings. The van der Waals surface area contributed by atoms with Gasteiger partial charge < -0.3 is 5.11 Å². The fourth-order valence-corrected chi connectivity index (χ4v) is 2.20. The minimum Gasteiger partial charge on any atom is -0.481 e. The number of aromatic nitrogens is 3. The average Bonchev–Trinajstić information content (AvgIpc) is 2.64. The number of aliphatic carboxylic acids is 1. The fourth-order valence-electron chi connectivity index (χ4n) is 1.17. The molecule has 0 saturated heterocycles. The lowest BCUT2D eigenvalue weighted by molar-refractivity contribution is -0.133. The number of carbonyl (C=O) groups is 1. The minimum absolute atomic E-state index is 0.0949. The van der Waals surface area contributed by atoms with Gasteiger partial charge in [-0.15, -0.1) is 5.10 Å². The first-order valence-electron chi connectivity index (χ1n) is 5.07. The van der Waals surface area contributed by atoms with Crippen molar-refractivity contribution in [3.8, 4) is 0 Å². The molecule has 96 valence electrons. The maximum atomic E-state index is 11.5. The van der Waals surface area contributed by atoms with Crippen molar-refractivity contribution < 1.29 is 9.90 Å². The zero-order chi connectivity index (χ0) is 12.8. The second-order valence-electron chi connectivity index (χ2n) is 3.48. The van der Waals surface area contributed by atoms with Gasteiger partial charge in [-0.05, 0) is 12.7 Å². The molecule has 1 aromatic rings. The lowest BCUT2D eigenvalue weighted by Gasteiger charge is -2.08. The van der Waals surface area contributed by atoms with Gasteiger partial charge in [-0.1, -0.05) is 18.7 Å². The number of rotatable bonds is 7. The van der Waals surface area contributed by atoms with Crippen molar-refractivity contribution in [2.75, 3.05) is 12.0 Å². The zero-order valence-electron chi connectivity index (χ0n) is 9.67. The number of hydrogen-bond donors (Lipinski definition) is 2. The van der Waals surface area contributed by atoms with Crippen molar-refractivity contribution in [1.29, 1.82) is 0 Å². The largest absolute Gasteiger partial charge is 0.481 e. The highest BCUT2D eigenvalue weighted by Gasteiger charge is 2.11. The Morgan fingerprint density at radius 2 is 2.35 bits per heavy atom. The lowest BCUT2D eigenvalue weighted by atomic mass is 10.3. The van der Waals surface area contributed by atoms with E-state index in [1.165, 1.54) is 4.57 Å². The van der Waals surface area contributed by atoms with Crippen LogP contribution in [0.4, 0.5) is 0 Å². The van der Waals surface area contributed by atoms with Crippen LogP contribution >= 0.6 is 23.5 Å². The molecule has 0 aliphatic heterocycles. The predicted molar refractivity (Wildman–Crippen MR) is 68.8 cm³/mol. The molecule has 2 N–H and O–H groups in total. The molecule has 0 bridgehead atoms. The molecule has 0 radical (unpaired) electrons. The van der Waals surface area contributed by atoms with Crippen LogP contribution in [0.1, 0.15) is 13.3 Å². The summed E-state index contributed by atoms with van der Waals surface area (Å²) in [7, 11) is 0. The highest BCUT2D eigenvalue weighted by Crippen LogP contribution is 2.15. The Hall–Kier alpha value is -0.890. The Bertz CT molecular complexity index is 429. The van der Waals surface area contributed by atoms with Crippen LogP contribution in [-0.2, 0) is 11.3 Å². The Balaban J connectivity index is 2.66. The normalized spacial score (nSPS) is 12.6. The smallest absolute Gasteiger partial charge is 0.343 e. The van der Waals surface area contributed by atoms with Crippen LogP contribution in [0.2, 0.25) is 0 Å². The van der Waals surface area contributed by atoms with Gasteiger partial charge >= 0.3 is 11.7 Å². The van der Waals surface area contributed by atoms with E-state index in [1.54, 1.807) is 11.8 Å². The number of thioether (sulfide) groups is 2. The first-order chi connectivity index (χ1) is 8.04. The van der Waals surface area contributed by atoms with Crippen LogP contribution < -0.4 is 5.69 Å². The van der Waals surface area contributed by atoms with Crippen LogP contribution in [0.15, 0.2) is 9.95 Å². The second-order valence-corrected chi connectivity index (χ2v) is 5.70. The van der Waals surface area contributed by atoms with Gasteiger partial charge in [-0.2, -0.15) is 11.8 Å². The molecule has 0 fully saturated rings. The van der Waals surface area contributed by atoms with Crippen molar-refractivity contribution in [1.82, 2.24) is 14.8 Å². The third-order valence-corrected chi connectivity index (χ3v) is 4.21. The van der Waals surface area contributed by atoms with E-state index < -0.39 is 5.97 Å². The molecule has 0 aliphatic carbocycles. The second kappa shape index (κ2) is 6.75. The molecule has 0 aromatic carbocycles. The molecule has 1 rings (SSSR count). The molecular weight excluding hydrogens is 262 g/mol. The molecule has 8 heteroatoms. The molecule has 0 saturated carbocycles. The summed E-state index contributed by atoms with van der Waals surface area (Å²) in [5.74, 6) is -1.02. The third-order valence-electron chi connectivity index (χ3n) is 2.21. The summed E-state index contributed by atoms with van der Waals surface area (Å²) >= 11 is 2.78. The van der Waals surface area contributed by atoms with Gasteiger partial charge in [0.2, 0.25) is 0 Å². The molecule has 6 nitrogen and oxygen atoms in total. The van der Waals surface area contributed by atoms with E-state index in [9.17, 15) is 9.59 Å². The van der Waals surface area contributed by atoms with Crippen LogP contribution in [0, 0.1) is 0 Å². The highest BCUT2D eigenvalue weighted by molar-refractivity contribution is 7.99. The number of nitrogens with zero attached hydrogens (tertiary/aromatic N) is 2. The maximum Gasteiger partial charge on any atom is 0.343 e. The van der Waals surface area contributed by atoms with E-state index in [0.29, 0.717) is 17.0 Å². The van der Waals surface area contributed by atoms with Gasteiger partial charge in [-0.25, -0.2) is 9.89 Å². The van der Waals surface area contributed by atoms with E-state index in [-0.39, 0.29) is 11.4 Å². The molecule has 0 spiro atoms. The van der Waals surface area contributed by atoms with E-state index >= 15 is 0 Å². The van der Waals surface area contributed by atoms with E-state index in [0.717, 1.165) is 18.2 Å². The SMILES string of the molecule is CSC(C)CCn1c(SCC(=O)O)n[nH]c1=O. The van der Waals surface area contributed by atoms with E-state index in [1.807, 2.05) is 6.26 Å². The quantitative estimate of drug-likeness (QED) is 0.720. The number of carboxylic acid groups (broad SMARTS) is 1. The summed E-state index contributed by atoms with van der Waals surface area (Å²) in [5, 5.41) is 15.6. The Morgan fingerprint density at radius 1 is 1.65 bits per heavy atom. The van der Waals surface area contributed by atoms with Crippen LogP contribution in [0.5, 0.6) is 0 Å². The highest BCUT2D eigenvalue weighted by atomic mass is 32.2. The first kappa shape index (κ1) is 14.2. The van der Waals surface area contributed by atoms with Crippen molar-refractivity contribution >= 4 is 29.5 Å². The number of nitrogens with one attached hydrogen (secondary N) is 1. The van der Waals surface area contributed by atoms with Gasteiger partial charge in [0.15, 0.2) is 5.16 Å². The number of H-pyrrole nitrogens is 1. The van der Waals surface area contributed by atoms with Gasteiger partial charge in [0.05, 0.1) is 5.75 Å². The topological polar surface area (TPSA) is 88.0 Å². The summed E-state index contributed by atoms with van der Waals surface area (Å²) in [5.41, 5.74) is -0.286. The van der Waals surface area contributed by atoms with Gasteiger partial charge in [0, 0.05) is 11.8 Å². The molecule has 1 unspecified atom stereocenters. The van der Waals surface area contributed by atoms with E-state index in [2.05, 4.69) is 17.1 Å². The molecule has 17 heavy (non-hydrogen) atoms. The van der Waals surface area contributed by atoms with Gasteiger partial charge in [0.1, 0.15) is 0 Å². The number of hydrogen-bond acceptors (Lipinski definition) is 5. The predicted octanol–water partition coefficient (Wildman–Crippen LogP) is 0.890. The molecule has 1 aromatic heterocycles. The lowest BCUT2D eigenvalue weighted by Crippen LogP contribution is -2.19. The maximum absolute atomic E-state index is 11.5. The summed E-state index contributed by atoms with van der Waals surface area (Å²) in [4.78, 5) is 21.9. The number of aromatic amines is 1. The van der Waals surface area contributed by atoms with E-state index in [4.69, 9.17) is 5.11 Å². The van der Waals surface area contributed by atoms with Crippen LogP contribution in [0.3, 0.4) is 0 Å². The summed E-state index contributed by atoms with van der Waals surface area (Å²) in [6.07, 6.45) is 2.87. The number of carboxylic acids is 1. The Labute approximate surface area is 107 Å². The molecular formula is C9H15N3O3S2. The van der Waals surface area contributed by atoms with Crippen LogP contribution in [0.25, 0.3) is 0 Å². The van der Waals surface area contributed by atoms with Crippen LogP contribution in [-0.4, -0.2) is 43.1 Å². The summed E-state index contributed by atoms with van der Waals surface area (Å²) in [6, 6.07) is 0. The Kier molecular flexibility index (Phi) is 5.63. The zero-order valence-corrected chi connectivity index (χ0v) is 11.3. The van der Waals surface area contributed by atoms with Crippen molar-refractivity contribution in [3.05, 3.63) is 10.5 Å². The minimum atomic E-state index is -0.922. The summed E-state index contributed by atoms with van der Waals surface area (Å²) < 4.78 is 1.49. The Morgan fingerprint density at radius 3 is 2.94 bits per heavy atom. The van der Waals surface area contributed by atoms with Crippen molar-refractivity contribution in [2.45, 2.75) is 30.3 Å². The molecule has 1 heterocycles. The van der Waals surface area contributed by atoms with Gasteiger partial charge in [-0.3, -0.25) is 9.36 Å². The fraction of sp³-hybridized carbons (Fsp3) is 0.667. The average molecular weight is 277 g/mol. The monoisotopic (exact) mass is 277 g/mol. The third kappa shape index (κ3) is 4.47. The first-order valence-corrected chi connectivity index (χ1v) is 7.34. The van der Waals surface area contributed by atoms with Crippen molar-refractivity contribution in [2.24, 2.45) is 0 Å². The summed E-state index contributed by atoms with van der Waals surface area (Å²) in [6.45, 7) is 2.64. The standard InChI is InChI=1S/C9H15N3O3S2/c1-6(16-2)3-4-12-8(15)10-11-9(12)17-5-7(13)14/h6H,3-5H2,1-2H3,(H,10,15)(H,13,14). The molecule has 0 amide bonds. The van der Waals surface area contributed by atoms with Gasteiger partial charge in [0.25, 0.3) is 0 Å². The molecule has 1 atom stereocenters. The van der Waals surface area contributed by atoms with Crippen molar-refractivity contribution in [3.63, 3.8) is 0 Å².